The maximum Gasteiger partial charge on any atom is 0.0544 e. The summed E-state index contributed by atoms with van der Waals surface area (Å²) in [5.74, 6) is 0. The molecule has 1 atom stereocenters. The van der Waals surface area contributed by atoms with Crippen LogP contribution in [0.2, 0.25) is 0 Å². The van der Waals surface area contributed by atoms with Gasteiger partial charge < -0.3 is 5.32 Å². The molecule has 1 aromatic rings. The summed E-state index contributed by atoms with van der Waals surface area (Å²) >= 11 is 0. The first-order chi connectivity index (χ1) is 8.75. The van der Waals surface area contributed by atoms with Crippen molar-refractivity contribution in [2.24, 2.45) is 0 Å². The van der Waals surface area contributed by atoms with E-state index in [-0.39, 0.29) is 0 Å². The van der Waals surface area contributed by atoms with Gasteiger partial charge in [0.1, 0.15) is 0 Å². The lowest BCUT2D eigenvalue weighted by molar-refractivity contribution is 0.175. The molecule has 1 fully saturated rings. The summed E-state index contributed by atoms with van der Waals surface area (Å²) in [6.07, 6.45) is 5.89. The van der Waals surface area contributed by atoms with E-state index < -0.39 is 0 Å². The smallest absolute Gasteiger partial charge is 0.0544 e. The van der Waals surface area contributed by atoms with Gasteiger partial charge in [-0.1, -0.05) is 12.5 Å². The molecule has 1 aromatic heterocycles. The van der Waals surface area contributed by atoms with E-state index in [9.17, 15) is 0 Å². The minimum atomic E-state index is 0.565. The number of nitrogens with zero attached hydrogens (tertiary/aromatic N) is 2. The van der Waals surface area contributed by atoms with E-state index in [1.165, 1.54) is 31.5 Å². The van der Waals surface area contributed by atoms with Crippen LogP contribution in [0.3, 0.4) is 0 Å². The van der Waals surface area contributed by atoms with E-state index in [0.717, 1.165) is 13.1 Å². The Hall–Kier alpha value is -0.930. The van der Waals surface area contributed by atoms with Crippen LogP contribution in [-0.4, -0.2) is 35.1 Å². The molecule has 0 saturated carbocycles. The Bertz CT molecular complexity index is 331. The van der Waals surface area contributed by atoms with E-state index >= 15 is 0 Å². The fraction of sp³-hybridized carbons (Fsp3) is 0.667. The van der Waals surface area contributed by atoms with Crippen molar-refractivity contribution in [2.75, 3.05) is 13.1 Å². The lowest BCUT2D eigenvalue weighted by atomic mass is 10.0. The van der Waals surface area contributed by atoms with Crippen LogP contribution in [0, 0.1) is 0 Å². The van der Waals surface area contributed by atoms with E-state index in [4.69, 9.17) is 0 Å². The first kappa shape index (κ1) is 13.5. The second-order valence-electron chi connectivity index (χ2n) is 5.49. The third-order valence-corrected chi connectivity index (χ3v) is 3.69. The van der Waals surface area contributed by atoms with Crippen molar-refractivity contribution in [1.82, 2.24) is 15.2 Å². The van der Waals surface area contributed by atoms with Gasteiger partial charge in [-0.25, -0.2) is 0 Å². The molecular weight excluding hydrogens is 222 g/mol. The topological polar surface area (TPSA) is 28.2 Å². The quantitative estimate of drug-likeness (QED) is 0.866. The molecule has 1 unspecified atom stereocenters. The highest BCUT2D eigenvalue weighted by molar-refractivity contribution is 5.03. The molecule has 0 spiro atoms. The zero-order chi connectivity index (χ0) is 12.8. The average Bonchev–Trinajstić information content (AvgIpc) is 2.40. The van der Waals surface area contributed by atoms with E-state index in [1.54, 1.807) is 0 Å². The van der Waals surface area contributed by atoms with Gasteiger partial charge in [0.25, 0.3) is 0 Å². The fourth-order valence-electron chi connectivity index (χ4n) is 2.52. The summed E-state index contributed by atoms with van der Waals surface area (Å²) < 4.78 is 0. The van der Waals surface area contributed by atoms with E-state index in [2.05, 4.69) is 41.2 Å². The molecule has 1 N–H and O–H groups in total. The van der Waals surface area contributed by atoms with Crippen molar-refractivity contribution in [2.45, 2.75) is 51.7 Å². The molecule has 3 heteroatoms. The molecule has 18 heavy (non-hydrogen) atoms. The Kier molecular flexibility index (Phi) is 5.14. The molecule has 1 aliphatic heterocycles. The van der Waals surface area contributed by atoms with Gasteiger partial charge in [0.05, 0.1) is 5.69 Å². The number of piperidine rings is 1. The molecule has 1 aliphatic rings. The van der Waals surface area contributed by atoms with Crippen molar-refractivity contribution < 1.29 is 0 Å². The SMILES string of the molecule is CC(C)N(Cc1ccccn1)CC1CCCCN1. The number of hydrogen-bond donors (Lipinski definition) is 1. The summed E-state index contributed by atoms with van der Waals surface area (Å²) in [6, 6.07) is 7.38. The van der Waals surface area contributed by atoms with Crippen LogP contribution in [0.15, 0.2) is 24.4 Å². The molecule has 0 aliphatic carbocycles. The minimum Gasteiger partial charge on any atom is -0.313 e. The number of rotatable bonds is 5. The zero-order valence-electron chi connectivity index (χ0n) is 11.6. The first-order valence-corrected chi connectivity index (χ1v) is 7.13. The van der Waals surface area contributed by atoms with Crippen LogP contribution in [0.5, 0.6) is 0 Å². The van der Waals surface area contributed by atoms with Gasteiger partial charge in [-0.2, -0.15) is 0 Å². The summed E-state index contributed by atoms with van der Waals surface area (Å²) in [5.41, 5.74) is 1.17. The van der Waals surface area contributed by atoms with E-state index in [0.29, 0.717) is 12.1 Å². The van der Waals surface area contributed by atoms with Gasteiger partial charge in [-0.05, 0) is 45.4 Å². The normalized spacial score (nSPS) is 20.6. The standard InChI is InChI=1S/C15H25N3/c1-13(2)18(11-14-7-3-5-9-16-14)12-15-8-4-6-10-17-15/h3,5,7,9,13,15,17H,4,6,8,10-12H2,1-2H3. The van der Waals surface area contributed by atoms with Crippen LogP contribution in [0.1, 0.15) is 38.8 Å². The molecule has 0 radical (unpaired) electrons. The Morgan fingerprint density at radius 2 is 2.28 bits per heavy atom. The van der Waals surface area contributed by atoms with Crippen LogP contribution in [0.4, 0.5) is 0 Å². The van der Waals surface area contributed by atoms with Crippen LogP contribution < -0.4 is 5.32 Å². The summed E-state index contributed by atoms with van der Waals surface area (Å²) in [7, 11) is 0. The summed E-state index contributed by atoms with van der Waals surface area (Å²) in [4.78, 5) is 6.95. The third kappa shape index (κ3) is 4.07. The van der Waals surface area contributed by atoms with Gasteiger partial charge >= 0.3 is 0 Å². The molecule has 1 saturated heterocycles. The van der Waals surface area contributed by atoms with Gasteiger partial charge in [0.2, 0.25) is 0 Å². The number of pyridine rings is 1. The average molecular weight is 247 g/mol. The Labute approximate surface area is 111 Å². The zero-order valence-corrected chi connectivity index (χ0v) is 11.6. The number of nitrogens with one attached hydrogen (secondary N) is 1. The maximum absolute atomic E-state index is 4.43. The molecule has 2 heterocycles. The lowest BCUT2D eigenvalue weighted by Gasteiger charge is -2.32. The van der Waals surface area contributed by atoms with Crippen molar-refractivity contribution in [3.8, 4) is 0 Å². The highest BCUT2D eigenvalue weighted by atomic mass is 15.2. The molecular formula is C15H25N3. The van der Waals surface area contributed by atoms with Gasteiger partial charge in [-0.3, -0.25) is 9.88 Å². The lowest BCUT2D eigenvalue weighted by Crippen LogP contribution is -2.45. The largest absolute Gasteiger partial charge is 0.313 e. The predicted molar refractivity (Wildman–Crippen MR) is 75.4 cm³/mol. The second-order valence-corrected chi connectivity index (χ2v) is 5.49. The molecule has 0 amide bonds. The summed E-state index contributed by atoms with van der Waals surface area (Å²) in [6.45, 7) is 7.81. The van der Waals surface area contributed by atoms with E-state index in [1.807, 2.05) is 12.3 Å². The number of aromatic nitrogens is 1. The van der Waals surface area contributed by atoms with Crippen molar-refractivity contribution in [3.63, 3.8) is 0 Å². The van der Waals surface area contributed by atoms with Crippen LogP contribution >= 0.6 is 0 Å². The van der Waals surface area contributed by atoms with Crippen molar-refractivity contribution in [3.05, 3.63) is 30.1 Å². The Balaban J connectivity index is 1.91. The van der Waals surface area contributed by atoms with Gasteiger partial charge in [-0.15, -0.1) is 0 Å². The minimum absolute atomic E-state index is 0.565. The Morgan fingerprint density at radius 3 is 2.89 bits per heavy atom. The van der Waals surface area contributed by atoms with Crippen LogP contribution in [0.25, 0.3) is 0 Å². The highest BCUT2D eigenvalue weighted by Gasteiger charge is 2.18. The van der Waals surface area contributed by atoms with Crippen LogP contribution in [-0.2, 0) is 6.54 Å². The maximum atomic E-state index is 4.43. The monoisotopic (exact) mass is 247 g/mol. The Morgan fingerprint density at radius 1 is 1.39 bits per heavy atom. The van der Waals surface area contributed by atoms with Crippen molar-refractivity contribution >= 4 is 0 Å². The molecule has 3 nitrogen and oxygen atoms in total. The predicted octanol–water partition coefficient (Wildman–Crippen LogP) is 2.43. The summed E-state index contributed by atoms with van der Waals surface area (Å²) in [5, 5.41) is 3.63. The first-order valence-electron chi connectivity index (χ1n) is 7.13. The second kappa shape index (κ2) is 6.86. The molecule has 0 bridgehead atoms. The highest BCUT2D eigenvalue weighted by Crippen LogP contribution is 2.12. The fourth-order valence-corrected chi connectivity index (χ4v) is 2.52. The van der Waals surface area contributed by atoms with Gasteiger partial charge in [0.15, 0.2) is 0 Å². The molecule has 100 valence electrons. The molecule has 0 aromatic carbocycles. The number of hydrogen-bond acceptors (Lipinski definition) is 3. The molecule has 2 rings (SSSR count). The van der Waals surface area contributed by atoms with Gasteiger partial charge in [0, 0.05) is 31.4 Å². The third-order valence-electron chi connectivity index (χ3n) is 3.69. The van der Waals surface area contributed by atoms with Crippen molar-refractivity contribution in [1.29, 1.82) is 0 Å².